The van der Waals surface area contributed by atoms with Gasteiger partial charge in [-0.1, -0.05) is 24.3 Å². The molecule has 8 nitrogen and oxygen atoms in total. The van der Waals surface area contributed by atoms with Crippen molar-refractivity contribution in [1.29, 1.82) is 0 Å². The molecule has 3 N–H and O–H groups in total. The molecule has 0 bridgehead atoms. The summed E-state index contributed by atoms with van der Waals surface area (Å²) in [5.41, 5.74) is 2.56. The van der Waals surface area contributed by atoms with Gasteiger partial charge in [-0.15, -0.1) is 11.3 Å². The van der Waals surface area contributed by atoms with Gasteiger partial charge in [0.1, 0.15) is 11.9 Å². The van der Waals surface area contributed by atoms with Crippen molar-refractivity contribution in [3.05, 3.63) is 76.7 Å². The van der Waals surface area contributed by atoms with Gasteiger partial charge in [0.15, 0.2) is 0 Å². The van der Waals surface area contributed by atoms with Crippen LogP contribution in [0, 0.1) is 0 Å². The molecule has 35 heavy (non-hydrogen) atoms. The molecule has 0 aliphatic carbocycles. The number of nitrogens with one attached hydrogen (secondary N) is 3. The lowest BCUT2D eigenvalue weighted by atomic mass is 10.0. The summed E-state index contributed by atoms with van der Waals surface area (Å²) in [4.78, 5) is 39.0. The Labute approximate surface area is 208 Å². The number of aromatic nitrogens is 2. The van der Waals surface area contributed by atoms with Crippen molar-refractivity contribution in [2.75, 3.05) is 43.4 Å². The van der Waals surface area contributed by atoms with E-state index in [9.17, 15) is 9.59 Å². The van der Waals surface area contributed by atoms with Crippen LogP contribution in [-0.2, 0) is 11.2 Å². The highest BCUT2D eigenvalue weighted by atomic mass is 32.1. The Morgan fingerprint density at radius 3 is 2.66 bits per heavy atom. The van der Waals surface area contributed by atoms with Crippen molar-refractivity contribution in [3.8, 4) is 0 Å². The number of pyridine rings is 1. The lowest BCUT2D eigenvalue weighted by Crippen LogP contribution is -2.45. The number of nitrogens with zero attached hydrogens (tertiary/aromatic N) is 3. The van der Waals surface area contributed by atoms with Crippen molar-refractivity contribution in [3.63, 3.8) is 0 Å². The predicted molar refractivity (Wildman–Crippen MR) is 140 cm³/mol. The van der Waals surface area contributed by atoms with E-state index >= 15 is 0 Å². The fourth-order valence-electron chi connectivity index (χ4n) is 4.28. The lowest BCUT2D eigenvalue weighted by molar-refractivity contribution is -0.118. The highest BCUT2D eigenvalue weighted by Gasteiger charge is 2.24. The van der Waals surface area contributed by atoms with E-state index in [0.717, 1.165) is 48.5 Å². The number of hydrogen-bond donors (Lipinski definition) is 3. The van der Waals surface area contributed by atoms with Crippen molar-refractivity contribution >= 4 is 45.6 Å². The molecule has 180 valence electrons. The van der Waals surface area contributed by atoms with E-state index in [2.05, 4.69) is 37.4 Å². The maximum atomic E-state index is 13.3. The number of benzene rings is 1. The number of rotatable bonds is 7. The maximum absolute atomic E-state index is 13.3. The van der Waals surface area contributed by atoms with E-state index < -0.39 is 6.04 Å². The van der Waals surface area contributed by atoms with Crippen LogP contribution in [0.2, 0.25) is 0 Å². The normalized spacial score (nSPS) is 15.2. The topological polar surface area (TPSA) is 93.4 Å². The first kappa shape index (κ1) is 23.1. The molecule has 1 fully saturated rings. The number of thiophene rings is 1. The SMILES string of the molecule is CN1CCN(c2ccc(NC(=O)[C@H](Cc3c[nH]c4ccccc34)NC(=O)c3cccs3)cn2)CC1. The van der Waals surface area contributed by atoms with E-state index in [0.29, 0.717) is 17.0 Å². The Bertz CT molecular complexity index is 1290. The van der Waals surface area contributed by atoms with Gasteiger partial charge in [-0.05, 0) is 42.3 Å². The highest BCUT2D eigenvalue weighted by Crippen LogP contribution is 2.21. The second-order valence-corrected chi connectivity index (χ2v) is 9.70. The predicted octanol–water partition coefficient (Wildman–Crippen LogP) is 3.36. The van der Waals surface area contributed by atoms with E-state index in [1.165, 1.54) is 11.3 Å². The third kappa shape index (κ3) is 5.36. The molecule has 9 heteroatoms. The van der Waals surface area contributed by atoms with E-state index in [4.69, 9.17) is 0 Å². The molecule has 1 saturated heterocycles. The molecule has 1 aliphatic heterocycles. The Kier molecular flexibility index (Phi) is 6.78. The van der Waals surface area contributed by atoms with Crippen molar-refractivity contribution in [2.24, 2.45) is 0 Å². The number of fused-ring (bicyclic) bond motifs is 1. The van der Waals surface area contributed by atoms with Gasteiger partial charge < -0.3 is 25.4 Å². The van der Waals surface area contributed by atoms with Gasteiger partial charge in [-0.25, -0.2) is 4.98 Å². The van der Waals surface area contributed by atoms with Crippen LogP contribution in [0.4, 0.5) is 11.5 Å². The average Bonchev–Trinajstić information content (AvgIpc) is 3.55. The molecule has 4 heterocycles. The van der Waals surface area contributed by atoms with Crippen LogP contribution < -0.4 is 15.5 Å². The first-order chi connectivity index (χ1) is 17.1. The van der Waals surface area contributed by atoms with E-state index in [-0.39, 0.29) is 11.8 Å². The number of aromatic amines is 1. The zero-order valence-electron chi connectivity index (χ0n) is 19.5. The fraction of sp³-hybridized carbons (Fsp3) is 0.269. The number of anilines is 2. The van der Waals surface area contributed by atoms with Crippen LogP contribution >= 0.6 is 11.3 Å². The highest BCUT2D eigenvalue weighted by molar-refractivity contribution is 7.12. The second-order valence-electron chi connectivity index (χ2n) is 8.75. The van der Waals surface area contributed by atoms with Gasteiger partial charge in [-0.2, -0.15) is 0 Å². The zero-order chi connectivity index (χ0) is 24.2. The first-order valence-corrected chi connectivity index (χ1v) is 12.5. The molecule has 0 unspecified atom stereocenters. The van der Waals surface area contributed by atoms with Crippen molar-refractivity contribution in [1.82, 2.24) is 20.2 Å². The summed E-state index contributed by atoms with van der Waals surface area (Å²) in [6.07, 6.45) is 3.93. The molecule has 0 radical (unpaired) electrons. The molecule has 0 spiro atoms. The molecule has 5 rings (SSSR count). The van der Waals surface area contributed by atoms with Crippen LogP contribution in [0.25, 0.3) is 10.9 Å². The summed E-state index contributed by atoms with van der Waals surface area (Å²) in [6, 6.07) is 14.5. The summed E-state index contributed by atoms with van der Waals surface area (Å²) < 4.78 is 0. The molecule has 0 saturated carbocycles. The molecule has 4 aromatic rings. The first-order valence-electron chi connectivity index (χ1n) is 11.7. The Balaban J connectivity index is 1.31. The smallest absolute Gasteiger partial charge is 0.262 e. The average molecular weight is 489 g/mol. The largest absolute Gasteiger partial charge is 0.361 e. The molecule has 2 amide bonds. The fourth-order valence-corrected chi connectivity index (χ4v) is 4.91. The Morgan fingerprint density at radius 2 is 1.91 bits per heavy atom. The molecular formula is C26H28N6O2S. The van der Waals surface area contributed by atoms with Gasteiger partial charge in [0, 0.05) is 49.7 Å². The number of carbonyl (C=O) groups is 2. The molecular weight excluding hydrogens is 460 g/mol. The monoisotopic (exact) mass is 488 g/mol. The number of amides is 2. The Morgan fingerprint density at radius 1 is 1.09 bits per heavy atom. The minimum atomic E-state index is -0.749. The van der Waals surface area contributed by atoms with E-state index in [1.807, 2.05) is 54.0 Å². The molecule has 1 aliphatic rings. The summed E-state index contributed by atoms with van der Waals surface area (Å²) in [7, 11) is 2.12. The van der Waals surface area contributed by atoms with Crippen LogP contribution in [0.5, 0.6) is 0 Å². The van der Waals surface area contributed by atoms with Crippen molar-refractivity contribution in [2.45, 2.75) is 12.5 Å². The number of hydrogen-bond acceptors (Lipinski definition) is 6. The minimum absolute atomic E-state index is 0.261. The van der Waals surface area contributed by atoms with Gasteiger partial charge in [-0.3, -0.25) is 9.59 Å². The summed E-state index contributed by atoms with van der Waals surface area (Å²) >= 11 is 1.35. The zero-order valence-corrected chi connectivity index (χ0v) is 20.3. The molecule has 1 atom stereocenters. The summed E-state index contributed by atoms with van der Waals surface area (Å²) in [6.45, 7) is 3.85. The number of para-hydroxylation sites is 1. The summed E-state index contributed by atoms with van der Waals surface area (Å²) in [5, 5.41) is 8.74. The van der Waals surface area contributed by atoms with Gasteiger partial charge in [0.05, 0.1) is 16.8 Å². The number of likely N-dealkylation sites (N-methyl/N-ethyl adjacent to an activating group) is 1. The summed E-state index contributed by atoms with van der Waals surface area (Å²) in [5.74, 6) is 0.357. The number of H-pyrrole nitrogens is 1. The Hall–Kier alpha value is -3.69. The molecule has 1 aromatic carbocycles. The number of piperazine rings is 1. The van der Waals surface area contributed by atoms with Crippen molar-refractivity contribution < 1.29 is 9.59 Å². The third-order valence-corrected chi connectivity index (χ3v) is 7.18. The van der Waals surface area contributed by atoms with Gasteiger partial charge >= 0.3 is 0 Å². The van der Waals surface area contributed by atoms with Crippen LogP contribution in [0.1, 0.15) is 15.2 Å². The van der Waals surface area contributed by atoms with Crippen LogP contribution in [0.15, 0.2) is 66.3 Å². The third-order valence-electron chi connectivity index (χ3n) is 6.31. The van der Waals surface area contributed by atoms with Crippen LogP contribution in [0.3, 0.4) is 0 Å². The standard InChI is InChI=1S/C26H28N6O2S/c1-31-10-12-32(13-11-31)24-9-8-19(17-28-24)29-25(33)22(30-26(34)23-7-4-14-35-23)15-18-16-27-21-6-3-2-5-20(18)21/h2-9,14,16-17,22,27H,10-13,15H2,1H3,(H,29,33)(H,30,34)/t22-/m0/s1. The molecule has 3 aromatic heterocycles. The van der Waals surface area contributed by atoms with E-state index in [1.54, 1.807) is 12.3 Å². The van der Waals surface area contributed by atoms with Gasteiger partial charge in [0.25, 0.3) is 5.91 Å². The second kappa shape index (κ2) is 10.3. The minimum Gasteiger partial charge on any atom is -0.361 e. The quantitative estimate of drug-likeness (QED) is 0.371. The number of carbonyl (C=O) groups excluding carboxylic acids is 2. The maximum Gasteiger partial charge on any atom is 0.262 e. The van der Waals surface area contributed by atoms with Crippen LogP contribution in [-0.4, -0.2) is 66.0 Å². The lowest BCUT2D eigenvalue weighted by Gasteiger charge is -2.33. The van der Waals surface area contributed by atoms with Gasteiger partial charge in [0.2, 0.25) is 5.91 Å².